The van der Waals surface area contributed by atoms with E-state index in [0.29, 0.717) is 10.6 Å². The number of halogens is 2. The van der Waals surface area contributed by atoms with Crippen molar-refractivity contribution in [3.8, 4) is 0 Å². The number of anilines is 1. The molecule has 140 valence electrons. The van der Waals surface area contributed by atoms with Gasteiger partial charge in [0.2, 0.25) is 0 Å². The van der Waals surface area contributed by atoms with E-state index in [0.717, 1.165) is 0 Å². The molecule has 1 aromatic heterocycles. The summed E-state index contributed by atoms with van der Waals surface area (Å²) in [7, 11) is -2.36. The van der Waals surface area contributed by atoms with E-state index in [1.807, 2.05) is 0 Å². The molecule has 0 atom stereocenters. The van der Waals surface area contributed by atoms with Crippen molar-refractivity contribution in [2.45, 2.75) is 5.75 Å². The Hall–Kier alpha value is -1.94. The van der Waals surface area contributed by atoms with Gasteiger partial charge in [0.15, 0.2) is 27.3 Å². The van der Waals surface area contributed by atoms with Gasteiger partial charge in [0.1, 0.15) is 6.73 Å². The molecule has 0 radical (unpaired) electrons. The number of sulfone groups is 1. The first-order valence-corrected chi connectivity index (χ1v) is 9.75. The fourth-order valence-electron chi connectivity index (χ4n) is 1.92. The number of hydrogen-bond acceptors (Lipinski definition) is 8. The number of carbonyl (C=O) groups excluding carboxylic acids is 1. The van der Waals surface area contributed by atoms with E-state index in [-0.39, 0.29) is 29.0 Å². The number of hydrogen-bond donors (Lipinski definition) is 1. The third-order valence-corrected chi connectivity index (χ3v) is 4.94. The number of aromatic nitrogens is 2. The monoisotopic (exact) mass is 419 g/mol. The summed E-state index contributed by atoms with van der Waals surface area (Å²) in [5.41, 5.74) is 0.393. The Bertz CT molecular complexity index is 893. The van der Waals surface area contributed by atoms with Gasteiger partial charge >= 0.3 is 5.97 Å². The molecule has 26 heavy (non-hydrogen) atoms. The summed E-state index contributed by atoms with van der Waals surface area (Å²) in [5, 5.41) is 3.36. The summed E-state index contributed by atoms with van der Waals surface area (Å²) in [5.74, 6) is -1.39. The molecular weight excluding hydrogens is 405 g/mol. The standard InChI is InChI=1S/C15H15Cl2N3O5S/c1-24-15(21)13-14(19-5-4-18-13)20-8-25-9-26(22,23)7-10-2-3-11(16)6-12(10)17/h2-6H,7-9H2,1H3,(H,19,20). The van der Waals surface area contributed by atoms with Crippen LogP contribution in [-0.4, -0.2) is 44.1 Å². The Balaban J connectivity index is 1.90. The lowest BCUT2D eigenvalue weighted by atomic mass is 10.2. The SMILES string of the molecule is COC(=O)c1nccnc1NCOCS(=O)(=O)Cc1ccc(Cl)cc1Cl. The molecule has 0 bridgehead atoms. The molecule has 0 saturated heterocycles. The third-order valence-electron chi connectivity index (χ3n) is 3.07. The van der Waals surface area contributed by atoms with Crippen LogP contribution < -0.4 is 5.32 Å². The summed E-state index contributed by atoms with van der Waals surface area (Å²) >= 11 is 11.8. The van der Waals surface area contributed by atoms with Gasteiger partial charge in [-0.25, -0.2) is 23.2 Å². The third kappa shape index (κ3) is 5.80. The van der Waals surface area contributed by atoms with Gasteiger partial charge in [-0.05, 0) is 17.7 Å². The quantitative estimate of drug-likeness (QED) is 0.395. The molecule has 0 saturated carbocycles. The summed E-state index contributed by atoms with van der Waals surface area (Å²) in [6, 6.07) is 4.57. The average Bonchev–Trinajstić information content (AvgIpc) is 2.61. The average molecular weight is 420 g/mol. The number of methoxy groups -OCH3 is 1. The normalized spacial score (nSPS) is 11.2. The van der Waals surface area contributed by atoms with Gasteiger partial charge in [0.05, 0.1) is 12.9 Å². The maximum Gasteiger partial charge on any atom is 0.360 e. The van der Waals surface area contributed by atoms with Gasteiger partial charge in [0, 0.05) is 22.4 Å². The summed E-state index contributed by atoms with van der Waals surface area (Å²) in [6.45, 7) is -0.198. The van der Waals surface area contributed by atoms with E-state index >= 15 is 0 Å². The molecule has 1 N–H and O–H groups in total. The van der Waals surface area contributed by atoms with Gasteiger partial charge in [-0.15, -0.1) is 0 Å². The van der Waals surface area contributed by atoms with Crippen molar-refractivity contribution >= 4 is 44.8 Å². The molecule has 11 heteroatoms. The highest BCUT2D eigenvalue weighted by atomic mass is 35.5. The highest BCUT2D eigenvalue weighted by molar-refractivity contribution is 7.90. The minimum atomic E-state index is -3.57. The second kappa shape index (κ2) is 9.13. The molecule has 8 nitrogen and oxygen atoms in total. The van der Waals surface area contributed by atoms with Crippen LogP contribution in [0.4, 0.5) is 5.82 Å². The van der Waals surface area contributed by atoms with Gasteiger partial charge in [-0.2, -0.15) is 0 Å². The number of nitrogens with one attached hydrogen (secondary N) is 1. The van der Waals surface area contributed by atoms with E-state index in [2.05, 4.69) is 20.0 Å². The second-order valence-electron chi connectivity index (χ2n) is 5.01. The van der Waals surface area contributed by atoms with Gasteiger partial charge in [-0.3, -0.25) is 0 Å². The van der Waals surface area contributed by atoms with Crippen LogP contribution >= 0.6 is 23.2 Å². The second-order valence-corrected chi connectivity index (χ2v) is 7.87. The first-order valence-electron chi connectivity index (χ1n) is 7.17. The van der Waals surface area contributed by atoms with Crippen molar-refractivity contribution in [2.24, 2.45) is 0 Å². The topological polar surface area (TPSA) is 107 Å². The van der Waals surface area contributed by atoms with Crippen LogP contribution in [0.15, 0.2) is 30.6 Å². The first-order chi connectivity index (χ1) is 12.3. The lowest BCUT2D eigenvalue weighted by Crippen LogP contribution is -2.18. The molecule has 2 rings (SSSR count). The molecular formula is C15H15Cl2N3O5S. The van der Waals surface area contributed by atoms with Gasteiger partial charge < -0.3 is 14.8 Å². The number of nitrogens with zero attached hydrogens (tertiary/aromatic N) is 2. The van der Waals surface area contributed by atoms with E-state index in [4.69, 9.17) is 27.9 Å². The highest BCUT2D eigenvalue weighted by Gasteiger charge is 2.16. The van der Waals surface area contributed by atoms with Crippen molar-refractivity contribution in [2.75, 3.05) is 25.1 Å². The number of esters is 1. The summed E-state index contributed by atoms with van der Waals surface area (Å²) in [4.78, 5) is 19.3. The van der Waals surface area contributed by atoms with Crippen molar-refractivity contribution in [1.82, 2.24) is 9.97 Å². The van der Waals surface area contributed by atoms with Crippen LogP contribution in [0.3, 0.4) is 0 Å². The molecule has 2 aromatic rings. The maximum atomic E-state index is 12.1. The van der Waals surface area contributed by atoms with Crippen molar-refractivity contribution < 1.29 is 22.7 Å². The Morgan fingerprint density at radius 2 is 1.96 bits per heavy atom. The van der Waals surface area contributed by atoms with Crippen LogP contribution in [0.1, 0.15) is 16.1 Å². The molecule has 0 fully saturated rings. The molecule has 0 spiro atoms. The predicted molar refractivity (Wildman–Crippen MR) is 96.9 cm³/mol. The number of rotatable bonds is 8. The Morgan fingerprint density at radius 3 is 2.65 bits per heavy atom. The molecule has 0 aliphatic heterocycles. The molecule has 0 aliphatic carbocycles. The predicted octanol–water partition coefficient (Wildman–Crippen LogP) is 2.53. The number of benzene rings is 1. The number of ether oxygens (including phenoxy) is 2. The zero-order valence-corrected chi connectivity index (χ0v) is 15.9. The summed E-state index contributed by atoms with van der Waals surface area (Å²) in [6.07, 6.45) is 2.70. The first kappa shape index (κ1) is 20.4. The zero-order valence-electron chi connectivity index (χ0n) is 13.6. The van der Waals surface area contributed by atoms with Crippen molar-refractivity contribution in [1.29, 1.82) is 0 Å². The zero-order chi connectivity index (χ0) is 19.2. The molecule has 1 aromatic carbocycles. The summed E-state index contributed by atoms with van der Waals surface area (Å²) < 4.78 is 33.9. The van der Waals surface area contributed by atoms with Crippen LogP contribution in [0.2, 0.25) is 10.0 Å². The molecule has 0 amide bonds. The Labute approximate surface area is 160 Å². The fraction of sp³-hybridized carbons (Fsp3) is 0.267. The minimum Gasteiger partial charge on any atom is -0.464 e. The molecule has 0 unspecified atom stereocenters. The lowest BCUT2D eigenvalue weighted by Gasteiger charge is -2.10. The van der Waals surface area contributed by atoms with Gasteiger partial charge in [-0.1, -0.05) is 29.3 Å². The fourth-order valence-corrected chi connectivity index (χ4v) is 3.62. The van der Waals surface area contributed by atoms with Crippen molar-refractivity contribution in [3.63, 3.8) is 0 Å². The Morgan fingerprint density at radius 1 is 1.23 bits per heavy atom. The van der Waals surface area contributed by atoms with Crippen LogP contribution in [0.25, 0.3) is 0 Å². The van der Waals surface area contributed by atoms with E-state index in [1.54, 1.807) is 12.1 Å². The van der Waals surface area contributed by atoms with Crippen molar-refractivity contribution in [3.05, 3.63) is 51.9 Å². The molecule has 0 aliphatic rings. The lowest BCUT2D eigenvalue weighted by molar-refractivity contribution is 0.0594. The maximum absolute atomic E-state index is 12.1. The van der Waals surface area contributed by atoms with E-state index in [9.17, 15) is 13.2 Å². The van der Waals surface area contributed by atoms with Crippen LogP contribution in [0, 0.1) is 0 Å². The molecule has 1 heterocycles. The Kier molecular flexibility index (Phi) is 7.15. The smallest absolute Gasteiger partial charge is 0.360 e. The van der Waals surface area contributed by atoms with E-state index in [1.165, 1.54) is 25.6 Å². The van der Waals surface area contributed by atoms with Crippen LogP contribution in [-0.2, 0) is 25.1 Å². The van der Waals surface area contributed by atoms with E-state index < -0.39 is 21.7 Å². The largest absolute Gasteiger partial charge is 0.464 e. The number of carbonyl (C=O) groups is 1. The van der Waals surface area contributed by atoms with Gasteiger partial charge in [0.25, 0.3) is 0 Å². The highest BCUT2D eigenvalue weighted by Crippen LogP contribution is 2.23. The minimum absolute atomic E-state index is 0.0330. The van der Waals surface area contributed by atoms with Crippen LogP contribution in [0.5, 0.6) is 0 Å².